The summed E-state index contributed by atoms with van der Waals surface area (Å²) in [6.45, 7) is 2.03. The molecule has 27 heavy (non-hydrogen) atoms. The predicted octanol–water partition coefficient (Wildman–Crippen LogP) is 5.59. The van der Waals surface area contributed by atoms with Gasteiger partial charge in [-0.1, -0.05) is 76.1 Å². The Morgan fingerprint density at radius 1 is 0.926 bits per heavy atom. The van der Waals surface area contributed by atoms with Gasteiger partial charge in [-0.3, -0.25) is 9.69 Å². The predicted molar refractivity (Wildman–Crippen MR) is 114 cm³/mol. The van der Waals surface area contributed by atoms with Gasteiger partial charge in [0.1, 0.15) is 11.5 Å². The summed E-state index contributed by atoms with van der Waals surface area (Å²) in [5.74, 6) is 0.512. The Morgan fingerprint density at radius 2 is 1.70 bits per heavy atom. The monoisotopic (exact) mass is 416 g/mol. The van der Waals surface area contributed by atoms with E-state index in [1.807, 2.05) is 91.9 Å². The lowest BCUT2D eigenvalue weighted by Crippen LogP contribution is -2.32. The van der Waals surface area contributed by atoms with Crippen molar-refractivity contribution in [3.63, 3.8) is 0 Å². The van der Waals surface area contributed by atoms with Crippen LogP contribution in [0.3, 0.4) is 0 Å². The molecule has 0 aliphatic carbocycles. The first-order chi connectivity index (χ1) is 13.1. The molecule has 0 saturated heterocycles. The van der Waals surface area contributed by atoms with E-state index in [0.717, 1.165) is 26.9 Å². The summed E-state index contributed by atoms with van der Waals surface area (Å²) >= 11 is 3.49. The van der Waals surface area contributed by atoms with Crippen LogP contribution in [0.4, 0.5) is 5.69 Å². The van der Waals surface area contributed by atoms with E-state index in [9.17, 15) is 4.79 Å². The maximum absolute atomic E-state index is 13.2. The quantitative estimate of drug-likeness (QED) is 0.512. The van der Waals surface area contributed by atoms with Crippen molar-refractivity contribution in [2.75, 3.05) is 4.90 Å². The largest absolute Gasteiger partial charge is 0.282 e. The number of benzene rings is 3. The summed E-state index contributed by atoms with van der Waals surface area (Å²) in [5.41, 5.74) is 4.20. The highest BCUT2D eigenvalue weighted by atomic mass is 79.9. The van der Waals surface area contributed by atoms with Crippen molar-refractivity contribution in [3.8, 4) is 0 Å². The number of anilines is 1. The van der Waals surface area contributed by atoms with Crippen LogP contribution in [0, 0.1) is 6.92 Å². The molecule has 0 N–H and O–H groups in total. The van der Waals surface area contributed by atoms with E-state index in [-0.39, 0.29) is 5.91 Å². The summed E-state index contributed by atoms with van der Waals surface area (Å²) < 4.78 is 0.914. The van der Waals surface area contributed by atoms with Gasteiger partial charge >= 0.3 is 0 Å². The minimum Gasteiger partial charge on any atom is -0.266 e. The average Bonchev–Trinajstić information content (AvgIpc) is 2.99. The molecule has 3 aromatic rings. The molecular weight excluding hydrogens is 400 g/mol. The highest BCUT2D eigenvalue weighted by Crippen LogP contribution is 2.29. The van der Waals surface area contributed by atoms with Crippen LogP contribution in [-0.2, 0) is 4.79 Å². The van der Waals surface area contributed by atoms with E-state index in [2.05, 4.69) is 15.9 Å². The molecule has 1 amide bonds. The van der Waals surface area contributed by atoms with Crippen molar-refractivity contribution in [2.45, 2.75) is 6.92 Å². The maximum Gasteiger partial charge on any atom is 0.282 e. The Labute approximate surface area is 166 Å². The van der Waals surface area contributed by atoms with Crippen molar-refractivity contribution < 1.29 is 4.79 Å². The zero-order valence-corrected chi connectivity index (χ0v) is 16.3. The van der Waals surface area contributed by atoms with Crippen LogP contribution in [0.1, 0.15) is 16.7 Å². The topological polar surface area (TPSA) is 32.7 Å². The average molecular weight is 417 g/mol. The molecule has 4 rings (SSSR count). The van der Waals surface area contributed by atoms with Gasteiger partial charge in [-0.25, -0.2) is 4.99 Å². The molecule has 3 nitrogen and oxygen atoms in total. The molecule has 4 heteroatoms. The van der Waals surface area contributed by atoms with E-state index in [1.165, 1.54) is 0 Å². The van der Waals surface area contributed by atoms with Gasteiger partial charge in [0.05, 0.1) is 5.69 Å². The summed E-state index contributed by atoms with van der Waals surface area (Å²) in [7, 11) is 0. The molecule has 0 saturated carbocycles. The molecule has 0 spiro atoms. The minimum atomic E-state index is -0.131. The molecule has 132 valence electrons. The second-order valence-electron chi connectivity index (χ2n) is 6.37. The summed E-state index contributed by atoms with van der Waals surface area (Å²) in [4.78, 5) is 19.6. The summed E-state index contributed by atoms with van der Waals surface area (Å²) in [5, 5.41) is 0. The third kappa shape index (κ3) is 3.62. The first-order valence-electron chi connectivity index (χ1n) is 8.64. The highest BCUT2D eigenvalue weighted by Gasteiger charge is 2.32. The molecular formula is C23H17BrN2O. The maximum atomic E-state index is 13.2. The molecule has 0 aromatic heterocycles. The molecule has 0 fully saturated rings. The van der Waals surface area contributed by atoms with Crippen LogP contribution in [0.5, 0.6) is 0 Å². The molecule has 0 bridgehead atoms. The van der Waals surface area contributed by atoms with Gasteiger partial charge in [0.15, 0.2) is 0 Å². The Morgan fingerprint density at radius 3 is 2.44 bits per heavy atom. The number of hydrogen-bond donors (Lipinski definition) is 0. The first-order valence-corrected chi connectivity index (χ1v) is 9.43. The van der Waals surface area contributed by atoms with Crippen LogP contribution in [0.2, 0.25) is 0 Å². The van der Waals surface area contributed by atoms with E-state index in [1.54, 1.807) is 4.90 Å². The van der Waals surface area contributed by atoms with Crippen molar-refractivity contribution in [1.29, 1.82) is 0 Å². The van der Waals surface area contributed by atoms with Crippen LogP contribution in [-0.4, -0.2) is 11.7 Å². The third-order valence-electron chi connectivity index (χ3n) is 4.31. The zero-order chi connectivity index (χ0) is 18.8. The minimum absolute atomic E-state index is 0.131. The van der Waals surface area contributed by atoms with Gasteiger partial charge in [0.25, 0.3) is 5.91 Å². The molecule has 1 aliphatic rings. The van der Waals surface area contributed by atoms with Crippen molar-refractivity contribution in [1.82, 2.24) is 0 Å². The van der Waals surface area contributed by atoms with Crippen LogP contribution in [0.15, 0.2) is 94.0 Å². The molecule has 3 aromatic carbocycles. The van der Waals surface area contributed by atoms with Gasteiger partial charge in [-0.2, -0.15) is 0 Å². The normalized spacial score (nSPS) is 15.3. The van der Waals surface area contributed by atoms with Gasteiger partial charge in [-0.05, 0) is 42.8 Å². The van der Waals surface area contributed by atoms with Crippen LogP contribution < -0.4 is 4.90 Å². The van der Waals surface area contributed by atoms with E-state index in [4.69, 9.17) is 4.99 Å². The molecule has 0 unspecified atom stereocenters. The number of halogens is 1. The standard InChI is InChI=1S/C23H17BrN2O/c1-16-7-5-10-18(13-16)22-25-21(14-17-8-3-2-4-9-17)23(27)26(22)20-12-6-11-19(24)15-20/h2-15H,1H3/b21-14+. The smallest absolute Gasteiger partial charge is 0.266 e. The number of rotatable bonds is 3. The number of amides is 1. The molecule has 0 radical (unpaired) electrons. The fraction of sp³-hybridized carbons (Fsp3) is 0.0435. The first kappa shape index (κ1) is 17.4. The van der Waals surface area contributed by atoms with Gasteiger partial charge in [-0.15, -0.1) is 0 Å². The lowest BCUT2D eigenvalue weighted by molar-refractivity contribution is -0.113. The number of nitrogens with zero attached hydrogens (tertiary/aromatic N) is 2. The Hall–Kier alpha value is -2.98. The second-order valence-corrected chi connectivity index (χ2v) is 7.28. The van der Waals surface area contributed by atoms with Crippen LogP contribution >= 0.6 is 15.9 Å². The van der Waals surface area contributed by atoms with E-state index in [0.29, 0.717) is 11.5 Å². The Balaban J connectivity index is 1.85. The third-order valence-corrected chi connectivity index (χ3v) is 4.80. The van der Waals surface area contributed by atoms with Crippen molar-refractivity contribution >= 4 is 39.4 Å². The number of aryl methyl sites for hydroxylation is 1. The molecule has 1 heterocycles. The number of aliphatic imine (C=N–C) groups is 1. The zero-order valence-electron chi connectivity index (χ0n) is 14.8. The summed E-state index contributed by atoms with van der Waals surface area (Å²) in [6.07, 6.45) is 1.83. The van der Waals surface area contributed by atoms with Crippen molar-refractivity contribution in [2.24, 2.45) is 4.99 Å². The molecule has 1 aliphatic heterocycles. The SMILES string of the molecule is Cc1cccc(C2=N/C(=C/c3ccccc3)C(=O)N2c2cccc(Br)c2)c1. The van der Waals surface area contributed by atoms with Gasteiger partial charge in [0.2, 0.25) is 0 Å². The number of hydrogen-bond acceptors (Lipinski definition) is 2. The van der Waals surface area contributed by atoms with E-state index >= 15 is 0 Å². The van der Waals surface area contributed by atoms with Gasteiger partial charge < -0.3 is 0 Å². The number of carbonyl (C=O) groups is 1. The van der Waals surface area contributed by atoms with Gasteiger partial charge in [0, 0.05) is 10.0 Å². The van der Waals surface area contributed by atoms with E-state index < -0.39 is 0 Å². The molecule has 0 atom stereocenters. The number of carbonyl (C=O) groups excluding carboxylic acids is 1. The van der Waals surface area contributed by atoms with Crippen molar-refractivity contribution in [3.05, 3.63) is 106 Å². The fourth-order valence-corrected chi connectivity index (χ4v) is 3.44. The lowest BCUT2D eigenvalue weighted by atomic mass is 10.1. The van der Waals surface area contributed by atoms with Crippen LogP contribution in [0.25, 0.3) is 6.08 Å². The second kappa shape index (κ2) is 7.33. The number of amidine groups is 1. The fourth-order valence-electron chi connectivity index (χ4n) is 3.06. The Kier molecular flexibility index (Phi) is 4.73. The summed E-state index contributed by atoms with van der Waals surface area (Å²) in [6, 6.07) is 25.5. The Bertz CT molecular complexity index is 1070. The lowest BCUT2D eigenvalue weighted by Gasteiger charge is -2.19. The highest BCUT2D eigenvalue weighted by molar-refractivity contribution is 9.10.